The van der Waals surface area contributed by atoms with Gasteiger partial charge < -0.3 is 10.5 Å². The van der Waals surface area contributed by atoms with Crippen LogP contribution in [-0.2, 0) is 20.0 Å². The maximum atomic E-state index is 11.9. The number of rotatable bonds is 4. The predicted molar refractivity (Wildman–Crippen MR) is 75.3 cm³/mol. The van der Waals surface area contributed by atoms with E-state index in [0.717, 1.165) is 29.0 Å². The molecule has 3 N–H and O–H groups in total. The first kappa shape index (κ1) is 13.4. The number of hydrogen-bond acceptors (Lipinski definition) is 3. The lowest BCUT2D eigenvalue weighted by molar-refractivity contribution is 0.410. The summed E-state index contributed by atoms with van der Waals surface area (Å²) in [6, 6.07) is 5.88. The lowest BCUT2D eigenvalue weighted by Crippen LogP contribution is -2.17. The number of nitrogens with zero attached hydrogens (tertiary/aromatic N) is 1. The molecule has 0 aliphatic heterocycles. The SMILES string of the molecule is CCc1cc(-c2[nH]n(C)c(=O)c2CN)ccc1OC. The summed E-state index contributed by atoms with van der Waals surface area (Å²) < 4.78 is 6.76. The molecule has 0 spiro atoms. The summed E-state index contributed by atoms with van der Waals surface area (Å²) in [4.78, 5) is 11.9. The molecule has 1 aromatic carbocycles. The summed E-state index contributed by atoms with van der Waals surface area (Å²) in [6.45, 7) is 2.29. The molecule has 19 heavy (non-hydrogen) atoms. The molecule has 0 aliphatic carbocycles. The number of nitrogens with two attached hydrogens (primary N) is 1. The molecule has 0 radical (unpaired) electrons. The van der Waals surface area contributed by atoms with Crippen LogP contribution in [0.2, 0.25) is 0 Å². The minimum Gasteiger partial charge on any atom is -0.496 e. The molecule has 0 amide bonds. The first-order valence-corrected chi connectivity index (χ1v) is 6.27. The number of hydrogen-bond donors (Lipinski definition) is 2. The van der Waals surface area contributed by atoms with Crippen LogP contribution in [0.4, 0.5) is 0 Å². The number of aryl methyl sites for hydroxylation is 2. The van der Waals surface area contributed by atoms with E-state index < -0.39 is 0 Å². The van der Waals surface area contributed by atoms with Crippen LogP contribution in [0.1, 0.15) is 18.1 Å². The maximum Gasteiger partial charge on any atom is 0.271 e. The monoisotopic (exact) mass is 261 g/mol. The van der Waals surface area contributed by atoms with Gasteiger partial charge in [0.05, 0.1) is 18.4 Å². The molecule has 0 saturated carbocycles. The van der Waals surface area contributed by atoms with Gasteiger partial charge in [-0.05, 0) is 30.2 Å². The van der Waals surface area contributed by atoms with Crippen LogP contribution in [-0.4, -0.2) is 16.9 Å². The molecule has 0 aliphatic rings. The zero-order valence-corrected chi connectivity index (χ0v) is 11.5. The highest BCUT2D eigenvalue weighted by Crippen LogP contribution is 2.27. The lowest BCUT2D eigenvalue weighted by Gasteiger charge is -2.09. The van der Waals surface area contributed by atoms with Crippen LogP contribution in [0.3, 0.4) is 0 Å². The molecule has 2 rings (SSSR count). The average molecular weight is 261 g/mol. The highest BCUT2D eigenvalue weighted by molar-refractivity contribution is 5.65. The summed E-state index contributed by atoms with van der Waals surface area (Å²) in [5.74, 6) is 0.860. The van der Waals surface area contributed by atoms with E-state index >= 15 is 0 Å². The lowest BCUT2D eigenvalue weighted by atomic mass is 10.0. The van der Waals surface area contributed by atoms with Crippen molar-refractivity contribution >= 4 is 0 Å². The smallest absolute Gasteiger partial charge is 0.271 e. The Morgan fingerprint density at radius 1 is 1.42 bits per heavy atom. The van der Waals surface area contributed by atoms with Gasteiger partial charge in [0, 0.05) is 19.2 Å². The number of benzene rings is 1. The topological polar surface area (TPSA) is 73.0 Å². The van der Waals surface area contributed by atoms with E-state index in [1.165, 1.54) is 4.68 Å². The fraction of sp³-hybridized carbons (Fsp3) is 0.357. The first-order valence-electron chi connectivity index (χ1n) is 6.27. The van der Waals surface area contributed by atoms with Crippen LogP contribution in [0.5, 0.6) is 5.75 Å². The van der Waals surface area contributed by atoms with Crippen molar-refractivity contribution in [3.63, 3.8) is 0 Å². The van der Waals surface area contributed by atoms with E-state index in [1.54, 1.807) is 14.2 Å². The minimum absolute atomic E-state index is 0.0774. The Hall–Kier alpha value is -2.01. The fourth-order valence-corrected chi connectivity index (χ4v) is 2.23. The van der Waals surface area contributed by atoms with E-state index in [-0.39, 0.29) is 12.1 Å². The van der Waals surface area contributed by atoms with Gasteiger partial charge in [-0.1, -0.05) is 6.92 Å². The predicted octanol–water partition coefficient (Wildman–Crippen LogP) is 1.41. The first-order chi connectivity index (χ1) is 9.12. The molecule has 0 fully saturated rings. The summed E-state index contributed by atoms with van der Waals surface area (Å²) in [7, 11) is 3.35. The molecule has 2 aromatic rings. The molecule has 0 bridgehead atoms. The van der Waals surface area contributed by atoms with Crippen molar-refractivity contribution < 1.29 is 4.74 Å². The van der Waals surface area contributed by atoms with E-state index in [4.69, 9.17) is 10.5 Å². The Kier molecular flexibility index (Phi) is 3.76. The second-order valence-electron chi connectivity index (χ2n) is 4.41. The number of nitrogens with one attached hydrogen (secondary N) is 1. The number of aromatic amines is 1. The summed E-state index contributed by atoms with van der Waals surface area (Å²) in [5, 5.41) is 3.05. The average Bonchev–Trinajstić information content (AvgIpc) is 2.73. The minimum atomic E-state index is -0.0774. The molecule has 0 unspecified atom stereocenters. The van der Waals surface area contributed by atoms with Crippen molar-refractivity contribution in [3.05, 3.63) is 39.7 Å². The number of methoxy groups -OCH3 is 1. The van der Waals surface area contributed by atoms with Crippen molar-refractivity contribution in [1.29, 1.82) is 0 Å². The zero-order valence-electron chi connectivity index (χ0n) is 11.5. The van der Waals surface area contributed by atoms with Crippen molar-refractivity contribution in [2.45, 2.75) is 19.9 Å². The van der Waals surface area contributed by atoms with Crippen LogP contribution < -0.4 is 16.0 Å². The molecule has 0 atom stereocenters. The molecule has 5 heteroatoms. The maximum absolute atomic E-state index is 11.9. The Morgan fingerprint density at radius 2 is 2.16 bits per heavy atom. The Bertz CT molecular complexity index is 641. The van der Waals surface area contributed by atoms with E-state index in [1.807, 2.05) is 18.2 Å². The third kappa shape index (κ3) is 2.29. The van der Waals surface area contributed by atoms with Gasteiger partial charge >= 0.3 is 0 Å². The number of aromatic nitrogens is 2. The Balaban J connectivity index is 2.59. The molecule has 102 valence electrons. The van der Waals surface area contributed by atoms with Crippen LogP contribution in [0, 0.1) is 0 Å². The van der Waals surface area contributed by atoms with Gasteiger partial charge in [0.15, 0.2) is 0 Å². The van der Waals surface area contributed by atoms with Crippen LogP contribution >= 0.6 is 0 Å². The highest BCUT2D eigenvalue weighted by atomic mass is 16.5. The van der Waals surface area contributed by atoms with E-state index in [2.05, 4.69) is 12.0 Å². The second-order valence-corrected chi connectivity index (χ2v) is 4.41. The number of H-pyrrole nitrogens is 1. The van der Waals surface area contributed by atoms with Crippen LogP contribution in [0.15, 0.2) is 23.0 Å². The fourth-order valence-electron chi connectivity index (χ4n) is 2.23. The molecular formula is C14H19N3O2. The van der Waals surface area contributed by atoms with Crippen molar-refractivity contribution in [2.24, 2.45) is 12.8 Å². The summed E-state index contributed by atoms with van der Waals surface area (Å²) in [6.07, 6.45) is 0.867. The molecule has 1 aromatic heterocycles. The third-order valence-electron chi connectivity index (χ3n) is 3.30. The summed E-state index contributed by atoms with van der Waals surface area (Å²) >= 11 is 0. The van der Waals surface area contributed by atoms with Crippen molar-refractivity contribution in [1.82, 2.24) is 9.78 Å². The Morgan fingerprint density at radius 3 is 2.74 bits per heavy atom. The molecular weight excluding hydrogens is 242 g/mol. The molecule has 1 heterocycles. The highest BCUT2D eigenvalue weighted by Gasteiger charge is 2.14. The standard InChI is InChI=1S/C14H19N3O2/c1-4-9-7-10(5-6-12(9)19-3)13-11(8-15)14(18)17(2)16-13/h5-7,16H,4,8,15H2,1-3H3. The van der Waals surface area contributed by atoms with E-state index in [0.29, 0.717) is 5.56 Å². The van der Waals surface area contributed by atoms with Gasteiger partial charge in [-0.15, -0.1) is 0 Å². The largest absolute Gasteiger partial charge is 0.496 e. The number of ether oxygens (including phenoxy) is 1. The zero-order chi connectivity index (χ0) is 14.0. The van der Waals surface area contributed by atoms with Gasteiger partial charge in [0.1, 0.15) is 5.75 Å². The van der Waals surface area contributed by atoms with E-state index in [9.17, 15) is 4.79 Å². The second kappa shape index (κ2) is 5.32. The molecule has 0 saturated heterocycles. The third-order valence-corrected chi connectivity index (χ3v) is 3.30. The van der Waals surface area contributed by atoms with Gasteiger partial charge in [-0.25, -0.2) is 0 Å². The normalized spacial score (nSPS) is 10.7. The summed E-state index contributed by atoms with van der Waals surface area (Å²) in [5.41, 5.74) is 9.04. The molecule has 5 nitrogen and oxygen atoms in total. The Labute approximate surface area is 112 Å². The van der Waals surface area contributed by atoms with Crippen molar-refractivity contribution in [2.75, 3.05) is 7.11 Å². The van der Waals surface area contributed by atoms with Gasteiger partial charge in [-0.3, -0.25) is 14.6 Å². The van der Waals surface area contributed by atoms with Gasteiger partial charge in [0.25, 0.3) is 5.56 Å². The van der Waals surface area contributed by atoms with Gasteiger partial charge in [0.2, 0.25) is 0 Å². The van der Waals surface area contributed by atoms with Crippen LogP contribution in [0.25, 0.3) is 11.3 Å². The van der Waals surface area contributed by atoms with Crippen molar-refractivity contribution in [3.8, 4) is 17.0 Å². The van der Waals surface area contributed by atoms with Gasteiger partial charge in [-0.2, -0.15) is 0 Å². The quantitative estimate of drug-likeness (QED) is 0.874.